The number of phosphoric acid groups is 1. The Labute approximate surface area is 511 Å². The van der Waals surface area contributed by atoms with Gasteiger partial charge in [0.15, 0.2) is 6.10 Å². The zero-order chi connectivity index (χ0) is 59.4. The average Bonchev–Trinajstić information content (AvgIpc) is 3.48. The van der Waals surface area contributed by atoms with E-state index < -0.39 is 26.5 Å². The largest absolute Gasteiger partial charge is 0.472 e. The summed E-state index contributed by atoms with van der Waals surface area (Å²) in [5.41, 5.74) is 5.41. The molecule has 0 aromatic rings. The first-order chi connectivity index (χ1) is 40.3. The summed E-state index contributed by atoms with van der Waals surface area (Å²) in [4.78, 5) is 35.4. The van der Waals surface area contributed by atoms with Crippen molar-refractivity contribution in [2.24, 2.45) is 5.73 Å². The topological polar surface area (TPSA) is 134 Å². The van der Waals surface area contributed by atoms with Gasteiger partial charge in [0, 0.05) is 19.4 Å². The van der Waals surface area contributed by atoms with E-state index in [4.69, 9.17) is 24.3 Å². The van der Waals surface area contributed by atoms with Gasteiger partial charge in [-0.05, 0) is 12.8 Å². The summed E-state index contributed by atoms with van der Waals surface area (Å²) < 4.78 is 33.2. The van der Waals surface area contributed by atoms with Crippen molar-refractivity contribution >= 4 is 19.8 Å². The van der Waals surface area contributed by atoms with Crippen LogP contribution in [0.3, 0.4) is 0 Å². The number of carbonyl (C=O) groups is 2. The Balaban J connectivity index is 3.74. The van der Waals surface area contributed by atoms with Gasteiger partial charge in [-0.2, -0.15) is 0 Å². The Hall–Kier alpha value is -0.990. The predicted octanol–water partition coefficient (Wildman–Crippen LogP) is 24.1. The highest BCUT2D eigenvalue weighted by Gasteiger charge is 2.26. The zero-order valence-corrected chi connectivity index (χ0v) is 56.2. The fraction of sp³-hybridized carbons (Fsp3) is 0.972. The minimum absolute atomic E-state index is 0.0589. The molecule has 0 amide bonds. The van der Waals surface area contributed by atoms with Gasteiger partial charge < -0.3 is 20.1 Å². The lowest BCUT2D eigenvalue weighted by atomic mass is 10.0. The average molecular weight is 1180 g/mol. The van der Waals surface area contributed by atoms with Gasteiger partial charge in [-0.15, -0.1) is 0 Å². The normalized spacial score (nSPS) is 12.8. The fourth-order valence-electron chi connectivity index (χ4n) is 11.8. The van der Waals surface area contributed by atoms with Crippen LogP contribution in [0.1, 0.15) is 418 Å². The summed E-state index contributed by atoms with van der Waals surface area (Å²) in [5, 5.41) is 0. The van der Waals surface area contributed by atoms with Crippen molar-refractivity contribution in [2.75, 3.05) is 26.4 Å². The van der Waals surface area contributed by atoms with Gasteiger partial charge in [0.05, 0.1) is 13.2 Å². The highest BCUT2D eigenvalue weighted by Crippen LogP contribution is 2.43. The van der Waals surface area contributed by atoms with E-state index in [9.17, 15) is 19.0 Å². The van der Waals surface area contributed by atoms with Crippen molar-refractivity contribution in [1.29, 1.82) is 0 Å². The number of carbonyl (C=O) groups excluding carboxylic acids is 2. The highest BCUT2D eigenvalue weighted by atomic mass is 31.2. The molecule has 2 unspecified atom stereocenters. The quantitative estimate of drug-likeness (QED) is 0.0347. The lowest BCUT2D eigenvalue weighted by Gasteiger charge is -2.19. The SMILES string of the molecule is CCCCCCCCCCCCCCCCCCCCCCCCCCCCCCCCCCCCCCCC(=O)OC(COC(=O)CCCCCCCCCCCCCCCCCCCCCCCCCC)COP(=O)(O)OCCN. The van der Waals surface area contributed by atoms with Crippen LogP contribution in [0.2, 0.25) is 0 Å². The van der Waals surface area contributed by atoms with Crippen LogP contribution in [0.25, 0.3) is 0 Å². The van der Waals surface area contributed by atoms with E-state index in [1.807, 2.05) is 0 Å². The molecule has 0 fully saturated rings. The molecule has 0 aliphatic carbocycles. The molecule has 0 spiro atoms. The van der Waals surface area contributed by atoms with E-state index in [1.54, 1.807) is 0 Å². The first kappa shape index (κ1) is 81.0. The van der Waals surface area contributed by atoms with Gasteiger partial charge >= 0.3 is 19.8 Å². The van der Waals surface area contributed by atoms with Gasteiger partial charge in [-0.1, -0.05) is 393 Å². The minimum atomic E-state index is -4.39. The van der Waals surface area contributed by atoms with Crippen molar-refractivity contribution in [1.82, 2.24) is 0 Å². The van der Waals surface area contributed by atoms with E-state index in [-0.39, 0.29) is 32.1 Å². The number of ether oxygens (including phenoxy) is 2. The van der Waals surface area contributed by atoms with Crippen LogP contribution in [0, 0.1) is 0 Å². The Kier molecular flexibility index (Phi) is 68.3. The maximum absolute atomic E-state index is 12.8. The van der Waals surface area contributed by atoms with Crippen LogP contribution in [0.4, 0.5) is 0 Å². The third-order valence-corrected chi connectivity index (χ3v) is 18.2. The number of phosphoric ester groups is 1. The summed E-state index contributed by atoms with van der Waals surface area (Å²) in [6.07, 6.45) is 82.3. The lowest BCUT2D eigenvalue weighted by molar-refractivity contribution is -0.161. The van der Waals surface area contributed by atoms with Gasteiger partial charge in [-0.3, -0.25) is 18.6 Å². The monoisotopic (exact) mass is 1180 g/mol. The number of unbranched alkanes of at least 4 members (excludes halogenated alkanes) is 59. The van der Waals surface area contributed by atoms with Crippen LogP contribution < -0.4 is 5.73 Å². The Bertz CT molecular complexity index is 1300. The Morgan fingerprint density at radius 2 is 0.524 bits per heavy atom. The molecule has 2 atom stereocenters. The molecule has 0 heterocycles. The molecule has 0 radical (unpaired) electrons. The third-order valence-electron chi connectivity index (χ3n) is 17.2. The molecular formula is C72H144NO8P. The van der Waals surface area contributed by atoms with E-state index in [1.165, 1.54) is 353 Å². The number of esters is 2. The molecular weight excluding hydrogens is 1040 g/mol. The number of nitrogens with two attached hydrogens (primary N) is 1. The van der Waals surface area contributed by atoms with Crippen molar-refractivity contribution in [3.63, 3.8) is 0 Å². The summed E-state index contributed by atoms with van der Waals surface area (Å²) in [7, 11) is -4.39. The first-order valence-corrected chi connectivity index (χ1v) is 38.5. The molecule has 0 rings (SSSR count). The number of hydrogen-bond acceptors (Lipinski definition) is 8. The Morgan fingerprint density at radius 1 is 0.317 bits per heavy atom. The van der Waals surface area contributed by atoms with Crippen molar-refractivity contribution < 1.29 is 37.6 Å². The maximum atomic E-state index is 12.8. The van der Waals surface area contributed by atoms with Crippen LogP contribution in [0.15, 0.2) is 0 Å². The molecule has 0 bridgehead atoms. The van der Waals surface area contributed by atoms with Gasteiger partial charge in [0.25, 0.3) is 0 Å². The van der Waals surface area contributed by atoms with E-state index in [2.05, 4.69) is 13.8 Å². The second-order valence-electron chi connectivity index (χ2n) is 25.5. The standard InChI is InChI=1S/C72H144NO8P/c1-3-5-7-9-11-13-15-17-19-21-23-25-27-29-30-31-32-33-34-35-36-37-38-39-40-41-43-45-47-49-51-53-55-57-59-61-63-65-72(75)81-70(69-80-82(76,77)79-67-66-73)68-78-71(74)64-62-60-58-56-54-52-50-48-46-44-42-28-26-24-22-20-18-16-14-12-10-8-6-4-2/h70H,3-69,73H2,1-2H3,(H,76,77). The molecule has 0 aliphatic rings. The minimum Gasteiger partial charge on any atom is -0.462 e. The molecule has 9 nitrogen and oxygen atoms in total. The lowest BCUT2D eigenvalue weighted by Crippen LogP contribution is -2.29. The second-order valence-corrected chi connectivity index (χ2v) is 27.0. The van der Waals surface area contributed by atoms with Crippen LogP contribution in [0.5, 0.6) is 0 Å². The second kappa shape index (κ2) is 69.1. The summed E-state index contributed by atoms with van der Waals surface area (Å²) in [5.74, 6) is -0.796. The molecule has 0 aromatic carbocycles. The predicted molar refractivity (Wildman–Crippen MR) is 354 cm³/mol. The van der Waals surface area contributed by atoms with Gasteiger partial charge in [-0.25, -0.2) is 4.57 Å². The smallest absolute Gasteiger partial charge is 0.462 e. The van der Waals surface area contributed by atoms with Crippen LogP contribution in [-0.4, -0.2) is 49.3 Å². The molecule has 0 saturated carbocycles. The van der Waals surface area contributed by atoms with Gasteiger partial charge in [0.1, 0.15) is 6.61 Å². The number of hydrogen-bond donors (Lipinski definition) is 2. The molecule has 82 heavy (non-hydrogen) atoms. The zero-order valence-electron chi connectivity index (χ0n) is 55.3. The first-order valence-electron chi connectivity index (χ1n) is 37.0. The van der Waals surface area contributed by atoms with Crippen molar-refractivity contribution in [3.05, 3.63) is 0 Å². The van der Waals surface area contributed by atoms with Crippen molar-refractivity contribution in [2.45, 2.75) is 424 Å². The van der Waals surface area contributed by atoms with E-state index in [0.717, 1.165) is 32.1 Å². The van der Waals surface area contributed by atoms with E-state index in [0.29, 0.717) is 12.8 Å². The van der Waals surface area contributed by atoms with Crippen molar-refractivity contribution in [3.8, 4) is 0 Å². The Morgan fingerprint density at radius 3 is 0.744 bits per heavy atom. The third kappa shape index (κ3) is 68.1. The summed E-state index contributed by atoms with van der Waals surface area (Å²) in [6.45, 7) is 3.85. The maximum Gasteiger partial charge on any atom is 0.472 e. The van der Waals surface area contributed by atoms with Crippen LogP contribution in [-0.2, 0) is 32.7 Å². The highest BCUT2D eigenvalue weighted by molar-refractivity contribution is 7.47. The fourth-order valence-corrected chi connectivity index (χ4v) is 12.5. The molecule has 0 aliphatic heterocycles. The van der Waals surface area contributed by atoms with Crippen LogP contribution >= 0.6 is 7.82 Å². The van der Waals surface area contributed by atoms with E-state index >= 15 is 0 Å². The summed E-state index contributed by atoms with van der Waals surface area (Å²) >= 11 is 0. The van der Waals surface area contributed by atoms with Gasteiger partial charge in [0.2, 0.25) is 0 Å². The summed E-state index contributed by atoms with van der Waals surface area (Å²) in [6, 6.07) is 0. The molecule has 10 heteroatoms. The molecule has 0 saturated heterocycles. The molecule has 3 N–H and O–H groups in total. The number of rotatable bonds is 72. The molecule has 0 aromatic heterocycles. The molecule has 490 valence electrons.